The molecular weight excluding hydrogens is 410 g/mol. The quantitative estimate of drug-likeness (QED) is 0.101. The Bertz CT molecular complexity index is 344. The van der Waals surface area contributed by atoms with Crippen LogP contribution in [0.25, 0.3) is 0 Å². The first-order valence-corrected chi connectivity index (χ1v) is 16.3. The van der Waals surface area contributed by atoms with E-state index in [2.05, 4.69) is 39.5 Å². The second-order valence-electron chi connectivity index (χ2n) is 12.3. The Kier molecular flexibility index (Phi) is 27.5. The van der Waals surface area contributed by atoms with Gasteiger partial charge >= 0.3 is 0 Å². The van der Waals surface area contributed by atoms with E-state index in [0.717, 1.165) is 11.8 Å². The molecule has 206 valence electrons. The molecule has 0 spiro atoms. The van der Waals surface area contributed by atoms with E-state index in [4.69, 9.17) is 0 Å². The van der Waals surface area contributed by atoms with Gasteiger partial charge in [0.2, 0.25) is 0 Å². The molecule has 0 aromatic rings. The van der Waals surface area contributed by atoms with Gasteiger partial charge in [0.15, 0.2) is 0 Å². The number of nitrogens with zero attached hydrogens (tertiary/aromatic N) is 1. The zero-order valence-electron chi connectivity index (χ0n) is 25.0. The van der Waals surface area contributed by atoms with Crippen molar-refractivity contribution in [3.8, 4) is 0 Å². The number of hydrogen-bond donors (Lipinski definition) is 0. The fourth-order valence-corrected chi connectivity index (χ4v) is 5.17. The third kappa shape index (κ3) is 28.2. The van der Waals surface area contributed by atoms with Crippen molar-refractivity contribution in [3.63, 3.8) is 0 Å². The van der Waals surface area contributed by atoms with E-state index < -0.39 is 0 Å². The van der Waals surface area contributed by atoms with Crippen LogP contribution in [0.4, 0.5) is 0 Å². The summed E-state index contributed by atoms with van der Waals surface area (Å²) in [6.45, 7) is 15.8. The predicted molar refractivity (Wildman–Crippen MR) is 158 cm³/mol. The number of rotatable bonds is 28. The Hall–Kier alpha value is -0.0400. The SMILES string of the molecule is CCCCCCCCCCCCCCCCCN(CCCCCC(C)C)CCCCCC(C)C. The molecule has 0 bridgehead atoms. The van der Waals surface area contributed by atoms with Crippen LogP contribution in [0.5, 0.6) is 0 Å². The van der Waals surface area contributed by atoms with E-state index in [1.807, 2.05) is 0 Å². The zero-order valence-corrected chi connectivity index (χ0v) is 25.0. The van der Waals surface area contributed by atoms with Crippen LogP contribution in [0.15, 0.2) is 0 Å². The van der Waals surface area contributed by atoms with Gasteiger partial charge in [-0.2, -0.15) is 0 Å². The fraction of sp³-hybridized carbons (Fsp3) is 1.00. The second-order valence-corrected chi connectivity index (χ2v) is 12.3. The highest BCUT2D eigenvalue weighted by Crippen LogP contribution is 2.15. The largest absolute Gasteiger partial charge is 0.303 e. The third-order valence-electron chi connectivity index (χ3n) is 7.59. The molecule has 0 atom stereocenters. The van der Waals surface area contributed by atoms with Gasteiger partial charge in [0.25, 0.3) is 0 Å². The molecule has 0 radical (unpaired) electrons. The van der Waals surface area contributed by atoms with Gasteiger partial charge in [-0.1, -0.05) is 163 Å². The highest BCUT2D eigenvalue weighted by atomic mass is 15.1. The summed E-state index contributed by atoms with van der Waals surface area (Å²) in [6, 6.07) is 0. The maximum atomic E-state index is 2.81. The van der Waals surface area contributed by atoms with Crippen molar-refractivity contribution < 1.29 is 0 Å². The van der Waals surface area contributed by atoms with Crippen molar-refractivity contribution in [1.82, 2.24) is 4.90 Å². The summed E-state index contributed by atoms with van der Waals surface area (Å²) in [4.78, 5) is 2.81. The van der Waals surface area contributed by atoms with Crippen LogP contribution in [-0.2, 0) is 0 Å². The van der Waals surface area contributed by atoms with E-state index in [1.54, 1.807) is 0 Å². The molecule has 0 saturated carbocycles. The lowest BCUT2D eigenvalue weighted by Crippen LogP contribution is -2.27. The molecule has 0 heterocycles. The minimum atomic E-state index is 0.873. The smallest absolute Gasteiger partial charge is 0.00187 e. The maximum absolute atomic E-state index is 2.81. The van der Waals surface area contributed by atoms with Crippen LogP contribution in [0.3, 0.4) is 0 Å². The van der Waals surface area contributed by atoms with Crippen molar-refractivity contribution in [2.75, 3.05) is 19.6 Å². The first kappa shape index (κ1) is 34.0. The van der Waals surface area contributed by atoms with Crippen molar-refractivity contribution in [3.05, 3.63) is 0 Å². The summed E-state index contributed by atoms with van der Waals surface area (Å²) in [7, 11) is 0. The van der Waals surface area contributed by atoms with Crippen molar-refractivity contribution in [2.45, 2.75) is 182 Å². The van der Waals surface area contributed by atoms with Gasteiger partial charge < -0.3 is 4.90 Å². The molecule has 1 nitrogen and oxygen atoms in total. The van der Waals surface area contributed by atoms with E-state index >= 15 is 0 Å². The third-order valence-corrected chi connectivity index (χ3v) is 7.59. The molecule has 0 fully saturated rings. The van der Waals surface area contributed by atoms with Crippen molar-refractivity contribution in [1.29, 1.82) is 0 Å². The van der Waals surface area contributed by atoms with Crippen molar-refractivity contribution >= 4 is 0 Å². The molecule has 0 aromatic heterocycles. The van der Waals surface area contributed by atoms with E-state index in [9.17, 15) is 0 Å². The van der Waals surface area contributed by atoms with Gasteiger partial charge in [0.1, 0.15) is 0 Å². The molecule has 34 heavy (non-hydrogen) atoms. The van der Waals surface area contributed by atoms with E-state index in [0.29, 0.717) is 0 Å². The summed E-state index contributed by atoms with van der Waals surface area (Å²) in [5.41, 5.74) is 0. The Balaban J connectivity index is 3.68. The Morgan fingerprint density at radius 1 is 0.353 bits per heavy atom. The Morgan fingerprint density at radius 2 is 0.618 bits per heavy atom. The molecular formula is C33H69N. The van der Waals surface area contributed by atoms with Crippen molar-refractivity contribution in [2.24, 2.45) is 11.8 Å². The highest BCUT2D eigenvalue weighted by Gasteiger charge is 2.06. The lowest BCUT2D eigenvalue weighted by molar-refractivity contribution is 0.253. The second kappa shape index (κ2) is 27.5. The molecule has 0 aromatic carbocycles. The van der Waals surface area contributed by atoms with Gasteiger partial charge in [-0.25, -0.2) is 0 Å². The van der Waals surface area contributed by atoms with Gasteiger partial charge in [0.05, 0.1) is 0 Å². The molecule has 0 N–H and O–H groups in total. The monoisotopic (exact) mass is 480 g/mol. The van der Waals surface area contributed by atoms with Gasteiger partial charge in [0, 0.05) is 0 Å². The van der Waals surface area contributed by atoms with Crippen LogP contribution in [0.2, 0.25) is 0 Å². The molecule has 0 rings (SSSR count). The predicted octanol–water partition coefficient (Wildman–Crippen LogP) is 11.6. The van der Waals surface area contributed by atoms with Gasteiger partial charge in [-0.05, 0) is 50.7 Å². The topological polar surface area (TPSA) is 3.24 Å². The summed E-state index contributed by atoms with van der Waals surface area (Å²) < 4.78 is 0. The Labute approximate surface area is 218 Å². The maximum Gasteiger partial charge on any atom is -0.00187 e. The van der Waals surface area contributed by atoms with Crippen LogP contribution >= 0.6 is 0 Å². The number of unbranched alkanes of at least 4 members (excludes halogenated alkanes) is 18. The molecule has 0 saturated heterocycles. The van der Waals surface area contributed by atoms with Crippen LogP contribution in [-0.4, -0.2) is 24.5 Å². The normalized spacial score (nSPS) is 12.0. The first-order valence-electron chi connectivity index (χ1n) is 16.3. The van der Waals surface area contributed by atoms with Crippen LogP contribution in [0, 0.1) is 11.8 Å². The average molecular weight is 480 g/mol. The molecule has 0 amide bonds. The van der Waals surface area contributed by atoms with E-state index in [-0.39, 0.29) is 0 Å². The van der Waals surface area contributed by atoms with Crippen LogP contribution in [0.1, 0.15) is 182 Å². The zero-order chi connectivity index (χ0) is 25.1. The molecule has 1 heteroatoms. The summed E-state index contributed by atoms with van der Waals surface area (Å²) in [5, 5.41) is 0. The van der Waals surface area contributed by atoms with Gasteiger partial charge in [-0.3, -0.25) is 0 Å². The minimum absolute atomic E-state index is 0.873. The Morgan fingerprint density at radius 3 is 0.912 bits per heavy atom. The average Bonchev–Trinajstić information content (AvgIpc) is 2.80. The fourth-order valence-electron chi connectivity index (χ4n) is 5.17. The lowest BCUT2D eigenvalue weighted by Gasteiger charge is -2.22. The molecule has 0 unspecified atom stereocenters. The molecule has 0 aliphatic rings. The minimum Gasteiger partial charge on any atom is -0.303 e. The standard InChI is InChI=1S/C33H69N/c1-6-7-8-9-10-11-12-13-14-15-16-17-18-19-24-29-34(30-25-20-22-27-32(2)3)31-26-21-23-28-33(4)5/h32-33H,6-31H2,1-5H3. The lowest BCUT2D eigenvalue weighted by atomic mass is 10.0. The van der Waals surface area contributed by atoms with Gasteiger partial charge in [-0.15, -0.1) is 0 Å². The highest BCUT2D eigenvalue weighted by molar-refractivity contribution is 4.61. The van der Waals surface area contributed by atoms with E-state index in [1.165, 1.54) is 167 Å². The first-order chi connectivity index (χ1) is 16.6. The number of hydrogen-bond acceptors (Lipinski definition) is 1. The summed E-state index contributed by atoms with van der Waals surface area (Å²) in [6.07, 6.45) is 33.3. The van der Waals surface area contributed by atoms with Crippen LogP contribution < -0.4 is 0 Å². The molecule has 0 aliphatic heterocycles. The molecule has 0 aliphatic carbocycles. The summed E-state index contributed by atoms with van der Waals surface area (Å²) in [5.74, 6) is 1.75. The summed E-state index contributed by atoms with van der Waals surface area (Å²) >= 11 is 0.